The third-order valence-corrected chi connectivity index (χ3v) is 1.60. The van der Waals surface area contributed by atoms with E-state index in [9.17, 15) is 4.79 Å². The van der Waals surface area contributed by atoms with Crippen LogP contribution in [0.15, 0.2) is 29.3 Å². The summed E-state index contributed by atoms with van der Waals surface area (Å²) in [6.07, 6.45) is 2.68. The smallest absolute Gasteiger partial charge is 0.423 e. The zero-order chi connectivity index (χ0) is 12.4. The Labute approximate surface area is 95.8 Å². The van der Waals surface area contributed by atoms with Gasteiger partial charge in [-0.1, -0.05) is 44.5 Å². The van der Waals surface area contributed by atoms with E-state index in [0.29, 0.717) is 5.46 Å². The molecule has 0 saturated heterocycles. The van der Waals surface area contributed by atoms with E-state index in [1.165, 1.54) is 12.5 Å². The Morgan fingerprint density at radius 1 is 1.25 bits per heavy atom. The van der Waals surface area contributed by atoms with Gasteiger partial charge in [0.25, 0.3) is 0 Å². The van der Waals surface area contributed by atoms with E-state index in [-0.39, 0.29) is 6.54 Å². The summed E-state index contributed by atoms with van der Waals surface area (Å²) in [5.74, 6) is 0. The fourth-order valence-corrected chi connectivity index (χ4v) is 0.919. The molecule has 86 valence electrons. The van der Waals surface area contributed by atoms with Gasteiger partial charge in [-0.05, 0) is 11.0 Å². The summed E-state index contributed by atoms with van der Waals surface area (Å²) < 4.78 is 0. The van der Waals surface area contributed by atoms with Crippen LogP contribution in [0.2, 0.25) is 0 Å². The van der Waals surface area contributed by atoms with Gasteiger partial charge < -0.3 is 10.0 Å². The molecular weight excluding hydrogens is 205 g/mol. The van der Waals surface area contributed by atoms with Crippen LogP contribution in [0.3, 0.4) is 0 Å². The quantitative estimate of drug-likeness (QED) is 0.446. The van der Waals surface area contributed by atoms with Crippen molar-refractivity contribution in [2.75, 3.05) is 0 Å². The number of isocyanates is 1. The van der Waals surface area contributed by atoms with Crippen molar-refractivity contribution in [3.63, 3.8) is 0 Å². The molecular formula is C11H16BNO3. The van der Waals surface area contributed by atoms with Gasteiger partial charge in [-0.15, -0.1) is 0 Å². The maximum Gasteiger partial charge on any atom is 0.488 e. The van der Waals surface area contributed by atoms with Crippen LogP contribution in [0.5, 0.6) is 0 Å². The average molecular weight is 221 g/mol. The van der Waals surface area contributed by atoms with E-state index >= 15 is 0 Å². The van der Waals surface area contributed by atoms with Crippen molar-refractivity contribution in [1.29, 1.82) is 0 Å². The van der Waals surface area contributed by atoms with E-state index in [1.54, 1.807) is 24.3 Å². The summed E-state index contributed by atoms with van der Waals surface area (Å²) in [6, 6.07) is 6.49. The predicted octanol–water partition coefficient (Wildman–Crippen LogP) is 0.619. The molecule has 0 aliphatic carbocycles. The Bertz CT molecular complexity index is 332. The first-order valence-electron chi connectivity index (χ1n) is 5.14. The van der Waals surface area contributed by atoms with E-state index in [0.717, 1.165) is 5.56 Å². The van der Waals surface area contributed by atoms with Crippen molar-refractivity contribution in [2.45, 2.75) is 26.8 Å². The first-order chi connectivity index (χ1) is 7.65. The highest BCUT2D eigenvalue weighted by Gasteiger charge is 2.09. The lowest BCUT2D eigenvalue weighted by Crippen LogP contribution is -2.29. The zero-order valence-corrected chi connectivity index (χ0v) is 9.55. The van der Waals surface area contributed by atoms with Gasteiger partial charge in [-0.25, -0.2) is 9.79 Å². The van der Waals surface area contributed by atoms with E-state index in [2.05, 4.69) is 18.8 Å². The second kappa shape index (κ2) is 8.86. The maximum atomic E-state index is 9.78. The van der Waals surface area contributed by atoms with E-state index < -0.39 is 7.12 Å². The molecule has 0 aliphatic heterocycles. The number of benzene rings is 1. The minimum absolute atomic E-state index is 0.269. The molecule has 0 aromatic heterocycles. The van der Waals surface area contributed by atoms with Gasteiger partial charge in [0.1, 0.15) is 0 Å². The summed E-state index contributed by atoms with van der Waals surface area (Å²) in [4.78, 5) is 13.2. The van der Waals surface area contributed by atoms with Crippen LogP contribution in [-0.4, -0.2) is 23.2 Å². The lowest BCUT2D eigenvalue weighted by atomic mass is 9.80. The molecule has 0 spiro atoms. The molecule has 0 amide bonds. The average Bonchev–Trinajstić information content (AvgIpc) is 2.28. The molecule has 2 N–H and O–H groups in total. The maximum absolute atomic E-state index is 9.78. The van der Waals surface area contributed by atoms with Gasteiger partial charge >= 0.3 is 7.12 Å². The molecule has 1 aromatic rings. The number of aliphatic imine (C=N–C) groups is 1. The van der Waals surface area contributed by atoms with Gasteiger partial charge in [0.15, 0.2) is 0 Å². The molecule has 0 heterocycles. The first-order valence-corrected chi connectivity index (χ1v) is 5.14. The van der Waals surface area contributed by atoms with Crippen molar-refractivity contribution in [3.8, 4) is 0 Å². The molecule has 0 aliphatic rings. The van der Waals surface area contributed by atoms with E-state index in [1.807, 2.05) is 0 Å². The zero-order valence-electron chi connectivity index (χ0n) is 9.55. The lowest BCUT2D eigenvalue weighted by molar-refractivity contribution is 0.426. The second-order valence-corrected chi connectivity index (χ2v) is 3.23. The van der Waals surface area contributed by atoms with Gasteiger partial charge in [0.2, 0.25) is 6.08 Å². The van der Waals surface area contributed by atoms with Crippen molar-refractivity contribution >= 4 is 18.7 Å². The van der Waals surface area contributed by atoms with Gasteiger partial charge in [0, 0.05) is 0 Å². The SMILES string of the molecule is CCC.O=C=NCc1ccc(B(O)O)cc1. The standard InChI is InChI=1S/C8H8BNO3.C3H8/c11-6-10-5-7-1-3-8(4-2-7)9(12)13;1-3-2/h1-4,12-13H,5H2;3H2,1-2H3. The second-order valence-electron chi connectivity index (χ2n) is 3.23. The Morgan fingerprint density at radius 3 is 2.12 bits per heavy atom. The molecule has 16 heavy (non-hydrogen) atoms. The van der Waals surface area contributed by atoms with Crippen LogP contribution >= 0.6 is 0 Å². The molecule has 0 unspecified atom stereocenters. The predicted molar refractivity (Wildman–Crippen MR) is 64.1 cm³/mol. The summed E-state index contributed by atoms with van der Waals surface area (Å²) >= 11 is 0. The van der Waals surface area contributed by atoms with Crippen LogP contribution in [0.4, 0.5) is 0 Å². The van der Waals surface area contributed by atoms with Gasteiger partial charge in [-0.2, -0.15) is 0 Å². The molecule has 0 atom stereocenters. The molecule has 1 aromatic carbocycles. The first kappa shape index (κ1) is 14.6. The number of hydrogen-bond donors (Lipinski definition) is 2. The minimum atomic E-state index is -1.45. The van der Waals surface area contributed by atoms with Gasteiger partial charge in [0.05, 0.1) is 6.54 Å². The minimum Gasteiger partial charge on any atom is -0.423 e. The summed E-state index contributed by atoms with van der Waals surface area (Å²) in [7, 11) is -1.45. The van der Waals surface area contributed by atoms with Gasteiger partial charge in [-0.3, -0.25) is 0 Å². The summed E-state index contributed by atoms with van der Waals surface area (Å²) in [5.41, 5.74) is 1.24. The van der Waals surface area contributed by atoms with E-state index in [4.69, 9.17) is 10.0 Å². The molecule has 1 rings (SSSR count). The van der Waals surface area contributed by atoms with Crippen molar-refractivity contribution < 1.29 is 14.8 Å². The Balaban J connectivity index is 0.000000673. The number of rotatable bonds is 3. The highest BCUT2D eigenvalue weighted by molar-refractivity contribution is 6.58. The van der Waals surface area contributed by atoms with Crippen molar-refractivity contribution in [3.05, 3.63) is 29.8 Å². The fourth-order valence-electron chi connectivity index (χ4n) is 0.919. The number of hydrogen-bond acceptors (Lipinski definition) is 4. The fraction of sp³-hybridized carbons (Fsp3) is 0.364. The van der Waals surface area contributed by atoms with Crippen LogP contribution in [-0.2, 0) is 11.3 Å². The monoisotopic (exact) mass is 221 g/mol. The summed E-state index contributed by atoms with van der Waals surface area (Å²) in [5, 5.41) is 17.5. The Hall–Kier alpha value is -1.42. The third-order valence-electron chi connectivity index (χ3n) is 1.60. The number of carbonyl (C=O) groups excluding carboxylic acids is 1. The van der Waals surface area contributed by atoms with Crippen LogP contribution in [0.25, 0.3) is 0 Å². The molecule has 0 radical (unpaired) electrons. The lowest BCUT2D eigenvalue weighted by Gasteiger charge is -1.99. The number of nitrogens with zero attached hydrogens (tertiary/aromatic N) is 1. The highest BCUT2D eigenvalue weighted by atomic mass is 16.4. The normalized spacial score (nSPS) is 8.50. The van der Waals surface area contributed by atoms with Crippen LogP contribution in [0, 0.1) is 0 Å². The summed E-state index contributed by atoms with van der Waals surface area (Å²) in [6.45, 7) is 4.52. The van der Waals surface area contributed by atoms with Crippen LogP contribution < -0.4 is 5.46 Å². The van der Waals surface area contributed by atoms with Crippen molar-refractivity contribution in [2.24, 2.45) is 4.99 Å². The third kappa shape index (κ3) is 6.14. The Morgan fingerprint density at radius 2 is 1.75 bits per heavy atom. The van der Waals surface area contributed by atoms with Crippen molar-refractivity contribution in [1.82, 2.24) is 0 Å². The molecule has 4 nitrogen and oxygen atoms in total. The highest BCUT2D eigenvalue weighted by Crippen LogP contribution is 1.98. The molecule has 0 fully saturated rings. The Kier molecular flexibility index (Phi) is 8.07. The largest absolute Gasteiger partial charge is 0.488 e. The molecule has 0 saturated carbocycles. The molecule has 0 bridgehead atoms. The van der Waals surface area contributed by atoms with Crippen LogP contribution in [0.1, 0.15) is 25.8 Å². The topological polar surface area (TPSA) is 69.9 Å². The molecule has 5 heteroatoms.